The maximum atomic E-state index is 12.0. The van der Waals surface area contributed by atoms with E-state index >= 15 is 0 Å². The minimum Gasteiger partial charge on any atom is -0.327 e. The van der Waals surface area contributed by atoms with Crippen LogP contribution in [0.4, 0.5) is 13.2 Å². The predicted octanol–water partition coefficient (Wildman–Crippen LogP) is 3.87. The van der Waals surface area contributed by atoms with E-state index < -0.39 is 12.6 Å². The van der Waals surface area contributed by atoms with Gasteiger partial charge in [-0.05, 0) is 37.5 Å². The van der Waals surface area contributed by atoms with E-state index in [-0.39, 0.29) is 12.5 Å². The van der Waals surface area contributed by atoms with Gasteiger partial charge in [-0.15, -0.1) is 0 Å². The lowest BCUT2D eigenvalue weighted by Gasteiger charge is -2.31. The van der Waals surface area contributed by atoms with Crippen molar-refractivity contribution >= 4 is 0 Å². The fraction of sp³-hybridized carbons (Fsp3) is 1.00. The van der Waals surface area contributed by atoms with Gasteiger partial charge >= 0.3 is 6.18 Å². The maximum Gasteiger partial charge on any atom is 0.389 e. The van der Waals surface area contributed by atoms with Crippen LogP contribution in [0, 0.1) is 11.8 Å². The fourth-order valence-corrected chi connectivity index (χ4v) is 2.64. The molecular weight excluding hydrogens is 215 g/mol. The molecule has 1 nitrogen and oxygen atoms in total. The summed E-state index contributed by atoms with van der Waals surface area (Å²) in [4.78, 5) is 0. The Labute approximate surface area is 95.6 Å². The molecule has 0 bridgehead atoms. The molecule has 0 aromatic carbocycles. The minimum atomic E-state index is -4.03. The molecule has 0 radical (unpaired) electrons. The summed E-state index contributed by atoms with van der Waals surface area (Å²) in [5.41, 5.74) is 5.97. The zero-order chi connectivity index (χ0) is 12.2. The molecule has 3 atom stereocenters. The van der Waals surface area contributed by atoms with Crippen molar-refractivity contribution < 1.29 is 13.2 Å². The molecule has 0 spiro atoms. The highest BCUT2D eigenvalue weighted by Crippen LogP contribution is 2.32. The van der Waals surface area contributed by atoms with Crippen LogP contribution in [0.1, 0.15) is 51.9 Å². The molecule has 0 saturated heterocycles. The molecule has 0 aromatic rings. The van der Waals surface area contributed by atoms with Gasteiger partial charge in [0.2, 0.25) is 0 Å². The van der Waals surface area contributed by atoms with Crippen LogP contribution in [0.5, 0.6) is 0 Å². The van der Waals surface area contributed by atoms with Crippen LogP contribution in [0.15, 0.2) is 0 Å². The molecule has 1 aliphatic rings. The van der Waals surface area contributed by atoms with Crippen LogP contribution >= 0.6 is 0 Å². The standard InChI is InChI=1S/C12H22F3N/c1-9-4-2-5-10(8-9)11(16)6-3-7-12(13,14)15/h9-11H,2-8,16H2,1H3. The number of halogens is 3. The van der Waals surface area contributed by atoms with Gasteiger partial charge in [-0.2, -0.15) is 13.2 Å². The molecule has 1 rings (SSSR count). The van der Waals surface area contributed by atoms with E-state index in [1.807, 2.05) is 0 Å². The van der Waals surface area contributed by atoms with E-state index in [2.05, 4.69) is 6.92 Å². The first-order valence-corrected chi connectivity index (χ1v) is 6.21. The average molecular weight is 237 g/mol. The van der Waals surface area contributed by atoms with Crippen molar-refractivity contribution in [1.82, 2.24) is 0 Å². The smallest absolute Gasteiger partial charge is 0.327 e. The summed E-state index contributed by atoms with van der Waals surface area (Å²) in [6, 6.07) is -0.0369. The average Bonchev–Trinajstić information content (AvgIpc) is 2.15. The van der Waals surface area contributed by atoms with Crippen LogP contribution < -0.4 is 5.73 Å². The second kappa shape index (κ2) is 5.89. The molecule has 0 amide bonds. The van der Waals surface area contributed by atoms with E-state index in [9.17, 15) is 13.2 Å². The highest BCUT2D eigenvalue weighted by atomic mass is 19.4. The first-order valence-electron chi connectivity index (χ1n) is 6.21. The SMILES string of the molecule is CC1CCCC(C(N)CCCC(F)(F)F)C1. The van der Waals surface area contributed by atoms with Crippen molar-refractivity contribution in [2.75, 3.05) is 0 Å². The zero-order valence-corrected chi connectivity index (χ0v) is 9.89. The summed E-state index contributed by atoms with van der Waals surface area (Å²) in [6.45, 7) is 2.20. The summed E-state index contributed by atoms with van der Waals surface area (Å²) >= 11 is 0. The van der Waals surface area contributed by atoms with E-state index in [1.165, 1.54) is 12.8 Å². The first-order chi connectivity index (χ1) is 7.38. The first kappa shape index (κ1) is 13.8. The molecule has 0 aromatic heterocycles. The Hall–Kier alpha value is -0.250. The van der Waals surface area contributed by atoms with Crippen molar-refractivity contribution in [1.29, 1.82) is 0 Å². The lowest BCUT2D eigenvalue weighted by molar-refractivity contribution is -0.135. The molecule has 1 fully saturated rings. The number of hydrogen-bond donors (Lipinski definition) is 1. The number of nitrogens with two attached hydrogens (primary N) is 1. The van der Waals surface area contributed by atoms with Crippen LogP contribution in [-0.2, 0) is 0 Å². The molecule has 4 heteroatoms. The molecule has 1 aliphatic carbocycles. The van der Waals surface area contributed by atoms with Crippen LogP contribution in [0.25, 0.3) is 0 Å². The van der Waals surface area contributed by atoms with Crippen molar-refractivity contribution in [2.24, 2.45) is 17.6 Å². The van der Waals surface area contributed by atoms with E-state index in [0.717, 1.165) is 12.8 Å². The molecule has 16 heavy (non-hydrogen) atoms. The van der Waals surface area contributed by atoms with Crippen molar-refractivity contribution in [3.63, 3.8) is 0 Å². The second-order valence-corrected chi connectivity index (χ2v) is 5.20. The Morgan fingerprint density at radius 1 is 1.31 bits per heavy atom. The van der Waals surface area contributed by atoms with Gasteiger partial charge < -0.3 is 5.73 Å². The van der Waals surface area contributed by atoms with Gasteiger partial charge in [-0.3, -0.25) is 0 Å². The Bertz CT molecular complexity index is 203. The molecule has 0 aliphatic heterocycles. The van der Waals surface area contributed by atoms with Crippen molar-refractivity contribution in [2.45, 2.75) is 64.1 Å². The van der Waals surface area contributed by atoms with Crippen LogP contribution in [-0.4, -0.2) is 12.2 Å². The van der Waals surface area contributed by atoms with Crippen LogP contribution in [0.3, 0.4) is 0 Å². The van der Waals surface area contributed by atoms with Gasteiger partial charge in [0.25, 0.3) is 0 Å². The van der Waals surface area contributed by atoms with Gasteiger partial charge in [-0.25, -0.2) is 0 Å². The minimum absolute atomic E-state index is 0.0369. The van der Waals surface area contributed by atoms with Crippen molar-refractivity contribution in [3.8, 4) is 0 Å². The van der Waals surface area contributed by atoms with Gasteiger partial charge in [0.05, 0.1) is 0 Å². The van der Waals surface area contributed by atoms with Gasteiger partial charge in [0.1, 0.15) is 0 Å². The third kappa shape index (κ3) is 5.19. The Kier molecular flexibility index (Phi) is 5.09. The highest BCUT2D eigenvalue weighted by molar-refractivity contribution is 4.79. The van der Waals surface area contributed by atoms with E-state index in [4.69, 9.17) is 5.73 Å². The summed E-state index contributed by atoms with van der Waals surface area (Å²) in [5.74, 6) is 1.13. The topological polar surface area (TPSA) is 26.0 Å². The van der Waals surface area contributed by atoms with Gasteiger partial charge in [0.15, 0.2) is 0 Å². The Morgan fingerprint density at radius 2 is 2.00 bits per heavy atom. The van der Waals surface area contributed by atoms with Gasteiger partial charge in [-0.1, -0.05) is 19.8 Å². The number of rotatable bonds is 4. The third-order valence-corrected chi connectivity index (χ3v) is 3.58. The molecule has 2 N–H and O–H groups in total. The van der Waals surface area contributed by atoms with Gasteiger partial charge in [0, 0.05) is 12.5 Å². The molecule has 3 unspecified atom stereocenters. The lowest BCUT2D eigenvalue weighted by Crippen LogP contribution is -2.33. The zero-order valence-electron chi connectivity index (χ0n) is 9.89. The second-order valence-electron chi connectivity index (χ2n) is 5.20. The number of alkyl halides is 3. The van der Waals surface area contributed by atoms with Crippen molar-refractivity contribution in [3.05, 3.63) is 0 Å². The highest BCUT2D eigenvalue weighted by Gasteiger charge is 2.28. The Morgan fingerprint density at radius 3 is 2.56 bits per heavy atom. The predicted molar refractivity (Wildman–Crippen MR) is 59.0 cm³/mol. The summed E-state index contributed by atoms with van der Waals surface area (Å²) in [7, 11) is 0. The molecule has 1 saturated carbocycles. The summed E-state index contributed by atoms with van der Waals surface area (Å²) in [6.07, 6.45) is 0.574. The Balaban J connectivity index is 2.21. The summed E-state index contributed by atoms with van der Waals surface area (Å²) < 4.78 is 35.9. The van der Waals surface area contributed by atoms with E-state index in [0.29, 0.717) is 18.3 Å². The molecule has 96 valence electrons. The maximum absolute atomic E-state index is 12.0. The number of hydrogen-bond acceptors (Lipinski definition) is 1. The van der Waals surface area contributed by atoms with E-state index in [1.54, 1.807) is 0 Å². The fourth-order valence-electron chi connectivity index (χ4n) is 2.64. The molecule has 0 heterocycles. The molecular formula is C12H22F3N. The van der Waals surface area contributed by atoms with Crippen LogP contribution in [0.2, 0.25) is 0 Å². The quantitative estimate of drug-likeness (QED) is 0.789. The third-order valence-electron chi connectivity index (χ3n) is 3.58. The normalized spacial score (nSPS) is 29.1. The monoisotopic (exact) mass is 237 g/mol. The lowest BCUT2D eigenvalue weighted by atomic mass is 9.77. The summed E-state index contributed by atoms with van der Waals surface area (Å²) in [5, 5.41) is 0. The largest absolute Gasteiger partial charge is 0.389 e.